The molecule has 1 unspecified atom stereocenters. The van der Waals surface area contributed by atoms with E-state index in [9.17, 15) is 9.59 Å². The highest BCUT2D eigenvalue weighted by Crippen LogP contribution is 2.29. The Labute approximate surface area is 221 Å². The minimum Gasteiger partial charge on any atom is -0.497 e. The molecular weight excluding hydrogens is 494 g/mol. The maximum absolute atomic E-state index is 12.8. The van der Waals surface area contributed by atoms with Crippen molar-refractivity contribution in [1.29, 1.82) is 0 Å². The molecule has 0 aromatic heterocycles. The molecule has 0 aliphatic carbocycles. The maximum Gasteiger partial charge on any atom is 0.262 e. The fraction of sp³-hybridized carbons (Fsp3) is 0.250. The summed E-state index contributed by atoms with van der Waals surface area (Å²) in [5.41, 5.74) is 4.47. The predicted octanol–water partition coefficient (Wildman–Crippen LogP) is 4.84. The smallest absolute Gasteiger partial charge is 0.262 e. The van der Waals surface area contributed by atoms with Crippen LogP contribution in [0.2, 0.25) is 5.02 Å². The van der Waals surface area contributed by atoms with E-state index in [2.05, 4.69) is 15.8 Å². The molecule has 0 saturated carbocycles. The van der Waals surface area contributed by atoms with Gasteiger partial charge in [-0.05, 0) is 60.0 Å². The Morgan fingerprint density at radius 1 is 0.973 bits per heavy atom. The monoisotopic (exact) mass is 523 g/mol. The van der Waals surface area contributed by atoms with Gasteiger partial charge in [-0.2, -0.15) is 5.10 Å². The quantitative estimate of drug-likeness (QED) is 0.277. The Balaban J connectivity index is 1.61. The summed E-state index contributed by atoms with van der Waals surface area (Å²) in [5.74, 6) is 0.740. The van der Waals surface area contributed by atoms with Gasteiger partial charge < -0.3 is 19.5 Å². The van der Waals surface area contributed by atoms with Crippen molar-refractivity contribution in [3.8, 4) is 17.2 Å². The highest BCUT2D eigenvalue weighted by Gasteiger charge is 2.24. The number of amides is 2. The standard InChI is InChI=1S/C28H30ClN3O5/c1-18(2)26(31-27(33)20-10-12-22(35-3)13-11-20)28(34)32-30-16-19-9-14-24(25(15-19)36-4)37-17-21-7-5-6-8-23(21)29/h5-16,18,26H,17H2,1-4H3,(H,31,33)(H,32,34)/b30-16+. The first-order chi connectivity index (χ1) is 17.8. The van der Waals surface area contributed by atoms with Crippen LogP contribution in [0.4, 0.5) is 0 Å². The Hall–Kier alpha value is -4.04. The van der Waals surface area contributed by atoms with Crippen LogP contribution in [0.1, 0.15) is 35.3 Å². The fourth-order valence-corrected chi connectivity index (χ4v) is 3.59. The first kappa shape index (κ1) is 27.5. The number of hydrazone groups is 1. The van der Waals surface area contributed by atoms with Gasteiger partial charge in [-0.15, -0.1) is 0 Å². The molecular formula is C28H30ClN3O5. The lowest BCUT2D eigenvalue weighted by molar-refractivity contribution is -0.123. The number of benzene rings is 3. The first-order valence-electron chi connectivity index (χ1n) is 11.6. The minimum absolute atomic E-state index is 0.160. The van der Waals surface area contributed by atoms with E-state index in [0.29, 0.717) is 40.0 Å². The molecule has 0 heterocycles. The molecule has 0 saturated heterocycles. The molecule has 0 radical (unpaired) electrons. The number of rotatable bonds is 11. The number of nitrogens with zero attached hydrogens (tertiary/aromatic N) is 1. The Morgan fingerprint density at radius 2 is 1.70 bits per heavy atom. The van der Waals surface area contributed by atoms with Gasteiger partial charge in [0, 0.05) is 16.1 Å². The average Bonchev–Trinajstić information content (AvgIpc) is 2.91. The lowest BCUT2D eigenvalue weighted by Crippen LogP contribution is -2.48. The molecule has 194 valence electrons. The minimum atomic E-state index is -0.776. The maximum atomic E-state index is 12.8. The van der Waals surface area contributed by atoms with Crippen LogP contribution in [0.3, 0.4) is 0 Å². The number of carbonyl (C=O) groups is 2. The van der Waals surface area contributed by atoms with Crippen molar-refractivity contribution < 1.29 is 23.8 Å². The molecule has 0 spiro atoms. The van der Waals surface area contributed by atoms with Crippen LogP contribution >= 0.6 is 11.6 Å². The second kappa shape index (κ2) is 13.3. The molecule has 37 heavy (non-hydrogen) atoms. The second-order valence-electron chi connectivity index (χ2n) is 8.45. The predicted molar refractivity (Wildman–Crippen MR) is 144 cm³/mol. The van der Waals surface area contributed by atoms with E-state index in [4.69, 9.17) is 25.8 Å². The van der Waals surface area contributed by atoms with E-state index in [0.717, 1.165) is 5.56 Å². The summed E-state index contributed by atoms with van der Waals surface area (Å²) in [4.78, 5) is 25.4. The van der Waals surface area contributed by atoms with Crippen LogP contribution in [-0.4, -0.2) is 38.3 Å². The van der Waals surface area contributed by atoms with E-state index in [1.54, 1.807) is 62.8 Å². The SMILES string of the molecule is COc1ccc(C(=O)NC(C(=O)N/N=C/c2ccc(OCc3ccccc3Cl)c(OC)c2)C(C)C)cc1. The van der Waals surface area contributed by atoms with E-state index in [1.807, 2.05) is 32.0 Å². The van der Waals surface area contributed by atoms with Gasteiger partial charge in [0.1, 0.15) is 18.4 Å². The Bertz CT molecular complexity index is 1240. The van der Waals surface area contributed by atoms with Crippen molar-refractivity contribution >= 4 is 29.6 Å². The normalized spacial score (nSPS) is 11.7. The molecule has 0 aliphatic rings. The van der Waals surface area contributed by atoms with Crippen molar-refractivity contribution in [3.63, 3.8) is 0 Å². The van der Waals surface area contributed by atoms with Crippen LogP contribution in [0.25, 0.3) is 0 Å². The Morgan fingerprint density at radius 3 is 2.35 bits per heavy atom. The lowest BCUT2D eigenvalue weighted by Gasteiger charge is -2.20. The second-order valence-corrected chi connectivity index (χ2v) is 8.86. The molecule has 2 amide bonds. The zero-order valence-corrected chi connectivity index (χ0v) is 21.9. The van der Waals surface area contributed by atoms with Crippen molar-refractivity contribution in [1.82, 2.24) is 10.7 Å². The van der Waals surface area contributed by atoms with E-state index < -0.39 is 11.9 Å². The van der Waals surface area contributed by atoms with Crippen LogP contribution in [0.15, 0.2) is 71.8 Å². The topological polar surface area (TPSA) is 98.2 Å². The summed E-state index contributed by atoms with van der Waals surface area (Å²) in [6, 6.07) is 18.6. The number of carbonyl (C=O) groups excluding carboxylic acids is 2. The van der Waals surface area contributed by atoms with Crippen LogP contribution < -0.4 is 25.0 Å². The first-order valence-corrected chi connectivity index (χ1v) is 12.0. The molecule has 9 heteroatoms. The van der Waals surface area contributed by atoms with Gasteiger partial charge in [-0.3, -0.25) is 9.59 Å². The van der Waals surface area contributed by atoms with Gasteiger partial charge in [0.25, 0.3) is 11.8 Å². The van der Waals surface area contributed by atoms with Crippen molar-refractivity contribution in [2.24, 2.45) is 11.0 Å². The number of halogens is 1. The third kappa shape index (κ3) is 7.72. The zero-order chi connectivity index (χ0) is 26.8. The molecule has 3 aromatic rings. The number of nitrogens with one attached hydrogen (secondary N) is 2. The summed E-state index contributed by atoms with van der Waals surface area (Å²) < 4.78 is 16.4. The highest BCUT2D eigenvalue weighted by atomic mass is 35.5. The van der Waals surface area contributed by atoms with Crippen LogP contribution in [0, 0.1) is 5.92 Å². The average molecular weight is 524 g/mol. The summed E-state index contributed by atoms with van der Waals surface area (Å²) in [5, 5.41) is 7.44. The Kier molecular flexibility index (Phi) is 9.92. The lowest BCUT2D eigenvalue weighted by atomic mass is 10.0. The fourth-order valence-electron chi connectivity index (χ4n) is 3.40. The molecule has 1 atom stereocenters. The number of hydrogen-bond donors (Lipinski definition) is 2. The third-order valence-corrected chi connectivity index (χ3v) is 5.87. The van der Waals surface area contributed by atoms with Gasteiger partial charge >= 0.3 is 0 Å². The van der Waals surface area contributed by atoms with Gasteiger partial charge in [0.05, 0.1) is 20.4 Å². The largest absolute Gasteiger partial charge is 0.497 e. The van der Waals surface area contributed by atoms with Gasteiger partial charge in [-0.25, -0.2) is 5.43 Å². The van der Waals surface area contributed by atoms with Crippen LogP contribution in [0.5, 0.6) is 17.2 Å². The molecule has 2 N–H and O–H groups in total. The molecule has 0 bridgehead atoms. The molecule has 0 aliphatic heterocycles. The van der Waals surface area contributed by atoms with Gasteiger partial charge in [0.2, 0.25) is 0 Å². The van der Waals surface area contributed by atoms with Gasteiger partial charge in [0.15, 0.2) is 11.5 Å². The highest BCUT2D eigenvalue weighted by molar-refractivity contribution is 6.31. The van der Waals surface area contributed by atoms with Crippen molar-refractivity contribution in [3.05, 3.63) is 88.4 Å². The number of methoxy groups -OCH3 is 2. The zero-order valence-electron chi connectivity index (χ0n) is 21.2. The van der Waals surface area contributed by atoms with E-state index in [-0.39, 0.29) is 11.8 Å². The van der Waals surface area contributed by atoms with E-state index in [1.165, 1.54) is 6.21 Å². The molecule has 3 aromatic carbocycles. The van der Waals surface area contributed by atoms with Crippen LogP contribution in [-0.2, 0) is 11.4 Å². The molecule has 0 fully saturated rings. The summed E-state index contributed by atoms with van der Waals surface area (Å²) in [6.07, 6.45) is 1.49. The summed E-state index contributed by atoms with van der Waals surface area (Å²) in [6.45, 7) is 3.97. The molecule has 3 rings (SSSR count). The van der Waals surface area contributed by atoms with E-state index >= 15 is 0 Å². The summed E-state index contributed by atoms with van der Waals surface area (Å²) in [7, 11) is 3.09. The summed E-state index contributed by atoms with van der Waals surface area (Å²) >= 11 is 6.19. The van der Waals surface area contributed by atoms with Crippen molar-refractivity contribution in [2.45, 2.75) is 26.5 Å². The number of ether oxygens (including phenoxy) is 3. The number of hydrogen-bond acceptors (Lipinski definition) is 6. The van der Waals surface area contributed by atoms with Crippen molar-refractivity contribution in [2.75, 3.05) is 14.2 Å². The van der Waals surface area contributed by atoms with Gasteiger partial charge in [-0.1, -0.05) is 43.6 Å². The third-order valence-electron chi connectivity index (χ3n) is 5.50. The molecule has 8 nitrogen and oxygen atoms in total.